The van der Waals surface area contributed by atoms with Gasteiger partial charge < -0.3 is 9.64 Å². The summed E-state index contributed by atoms with van der Waals surface area (Å²) in [6.45, 7) is 1.21. The molecule has 3 rings (SSSR count). The van der Waals surface area contributed by atoms with Crippen LogP contribution in [0.15, 0.2) is 35.4 Å². The number of nitrogens with one attached hydrogen (secondary N) is 1. The Morgan fingerprint density at radius 1 is 1.29 bits per heavy atom. The highest BCUT2D eigenvalue weighted by atomic mass is 16.5. The van der Waals surface area contributed by atoms with Crippen LogP contribution in [0.1, 0.15) is 19.3 Å². The van der Waals surface area contributed by atoms with E-state index in [4.69, 9.17) is 4.74 Å². The molecule has 2 amide bonds. The monoisotopic (exact) mass is 287 g/mol. The number of likely N-dealkylation sites (tertiary alicyclic amines) is 1. The number of amides is 2. The maximum absolute atomic E-state index is 12.3. The fourth-order valence-electron chi connectivity index (χ4n) is 2.51. The fraction of sp³-hybridized carbons (Fsp3) is 0.400. The average molecular weight is 287 g/mol. The van der Waals surface area contributed by atoms with Crippen LogP contribution in [-0.4, -0.2) is 41.6 Å². The zero-order valence-corrected chi connectivity index (χ0v) is 11.6. The summed E-state index contributed by atoms with van der Waals surface area (Å²) in [6.07, 6.45) is 1.55. The van der Waals surface area contributed by atoms with Crippen molar-refractivity contribution < 1.29 is 14.3 Å². The first-order chi connectivity index (χ1) is 10.2. The maximum atomic E-state index is 12.3. The summed E-state index contributed by atoms with van der Waals surface area (Å²) in [6, 6.07) is 9.60. The van der Waals surface area contributed by atoms with Crippen LogP contribution < -0.4 is 10.2 Å². The first kappa shape index (κ1) is 13.6. The van der Waals surface area contributed by atoms with Crippen molar-refractivity contribution in [1.29, 1.82) is 0 Å². The topological polar surface area (TPSA) is 71.0 Å². The molecule has 0 bridgehead atoms. The van der Waals surface area contributed by atoms with Gasteiger partial charge in [-0.25, -0.2) is 5.43 Å². The van der Waals surface area contributed by atoms with Gasteiger partial charge in [-0.05, 0) is 12.1 Å². The van der Waals surface area contributed by atoms with Crippen LogP contribution in [0, 0.1) is 0 Å². The quantitative estimate of drug-likeness (QED) is 0.899. The first-order valence-corrected chi connectivity index (χ1v) is 7.09. The number of carbonyl (C=O) groups is 2. The summed E-state index contributed by atoms with van der Waals surface area (Å²) in [4.78, 5) is 25.1. The molecule has 2 aliphatic rings. The van der Waals surface area contributed by atoms with Crippen LogP contribution in [0.2, 0.25) is 0 Å². The lowest BCUT2D eigenvalue weighted by atomic mass is 10.1. The molecule has 21 heavy (non-hydrogen) atoms. The number of rotatable bonds is 3. The van der Waals surface area contributed by atoms with Crippen LogP contribution in [0.4, 0.5) is 0 Å². The van der Waals surface area contributed by atoms with E-state index < -0.39 is 0 Å². The van der Waals surface area contributed by atoms with Crippen molar-refractivity contribution in [3.05, 3.63) is 30.3 Å². The van der Waals surface area contributed by atoms with Crippen molar-refractivity contribution in [2.75, 3.05) is 13.1 Å². The van der Waals surface area contributed by atoms with E-state index >= 15 is 0 Å². The van der Waals surface area contributed by atoms with Crippen molar-refractivity contribution >= 4 is 17.5 Å². The van der Waals surface area contributed by atoms with Gasteiger partial charge in [0.1, 0.15) is 17.6 Å². The van der Waals surface area contributed by atoms with Gasteiger partial charge >= 0.3 is 0 Å². The molecule has 0 aliphatic carbocycles. The zero-order chi connectivity index (χ0) is 14.7. The van der Waals surface area contributed by atoms with E-state index in [-0.39, 0.29) is 17.9 Å². The molecule has 6 heteroatoms. The summed E-state index contributed by atoms with van der Waals surface area (Å²) in [5.41, 5.74) is 2.78. The van der Waals surface area contributed by atoms with Crippen LogP contribution >= 0.6 is 0 Å². The molecule has 1 aromatic carbocycles. The standard InChI is InChI=1S/C15H17N3O3/c19-14-7-6-13(16-17-14)15(20)18-9-8-12(10-18)21-11-4-2-1-3-5-11/h1-5,12H,6-10H2,(H,17,19)/t12-/m1/s1. The van der Waals surface area contributed by atoms with Gasteiger partial charge in [0.05, 0.1) is 6.54 Å². The highest BCUT2D eigenvalue weighted by Crippen LogP contribution is 2.18. The average Bonchev–Trinajstić information content (AvgIpc) is 2.97. The number of hydrazone groups is 1. The minimum atomic E-state index is -0.141. The van der Waals surface area contributed by atoms with Crippen molar-refractivity contribution in [3.8, 4) is 5.75 Å². The number of carbonyl (C=O) groups excluding carboxylic acids is 2. The van der Waals surface area contributed by atoms with Gasteiger partial charge in [0.2, 0.25) is 5.91 Å². The van der Waals surface area contributed by atoms with E-state index in [0.717, 1.165) is 12.2 Å². The number of hydrogen-bond acceptors (Lipinski definition) is 4. The predicted octanol–water partition coefficient (Wildman–Crippen LogP) is 0.932. The second kappa shape index (κ2) is 5.95. The fourth-order valence-corrected chi connectivity index (χ4v) is 2.51. The van der Waals surface area contributed by atoms with Gasteiger partial charge in [-0.2, -0.15) is 5.10 Å². The number of hydrogen-bond donors (Lipinski definition) is 1. The lowest BCUT2D eigenvalue weighted by molar-refractivity contribution is -0.124. The smallest absolute Gasteiger partial charge is 0.270 e. The van der Waals surface area contributed by atoms with Crippen LogP contribution in [0.25, 0.3) is 0 Å². The third kappa shape index (κ3) is 3.21. The minimum absolute atomic E-state index is 0.00938. The van der Waals surface area contributed by atoms with E-state index in [2.05, 4.69) is 10.5 Å². The van der Waals surface area contributed by atoms with E-state index in [1.165, 1.54) is 0 Å². The second-order valence-corrected chi connectivity index (χ2v) is 5.19. The molecule has 110 valence electrons. The third-order valence-electron chi connectivity index (χ3n) is 3.63. The Labute approximate surface area is 122 Å². The lowest BCUT2D eigenvalue weighted by Gasteiger charge is -2.19. The molecule has 0 saturated carbocycles. The summed E-state index contributed by atoms with van der Waals surface area (Å²) in [5.74, 6) is 0.575. The van der Waals surface area contributed by atoms with E-state index in [1.54, 1.807) is 4.90 Å². The summed E-state index contributed by atoms with van der Waals surface area (Å²) in [5, 5.41) is 3.85. The molecular formula is C15H17N3O3. The maximum Gasteiger partial charge on any atom is 0.270 e. The molecule has 2 aliphatic heterocycles. The Morgan fingerprint density at radius 2 is 2.10 bits per heavy atom. The molecule has 1 aromatic rings. The number of ether oxygens (including phenoxy) is 1. The van der Waals surface area contributed by atoms with Crippen LogP contribution in [-0.2, 0) is 9.59 Å². The summed E-state index contributed by atoms with van der Waals surface area (Å²) < 4.78 is 5.86. The van der Waals surface area contributed by atoms with Crippen molar-refractivity contribution in [2.24, 2.45) is 5.10 Å². The van der Waals surface area contributed by atoms with Gasteiger partial charge in [-0.3, -0.25) is 9.59 Å². The van der Waals surface area contributed by atoms with Gasteiger partial charge in [-0.15, -0.1) is 0 Å². The highest BCUT2D eigenvalue weighted by molar-refractivity contribution is 6.39. The van der Waals surface area contributed by atoms with Crippen molar-refractivity contribution in [3.63, 3.8) is 0 Å². The van der Waals surface area contributed by atoms with E-state index in [0.29, 0.717) is 31.6 Å². The molecule has 0 aromatic heterocycles. The summed E-state index contributed by atoms with van der Waals surface area (Å²) in [7, 11) is 0. The Kier molecular flexibility index (Phi) is 3.85. The molecule has 1 N–H and O–H groups in total. The summed E-state index contributed by atoms with van der Waals surface area (Å²) >= 11 is 0. The predicted molar refractivity (Wildman–Crippen MR) is 76.9 cm³/mol. The largest absolute Gasteiger partial charge is 0.489 e. The Bertz CT molecular complexity index is 571. The second-order valence-electron chi connectivity index (χ2n) is 5.19. The number of nitrogens with zero attached hydrogens (tertiary/aromatic N) is 2. The van der Waals surface area contributed by atoms with Gasteiger partial charge in [0.25, 0.3) is 5.91 Å². The van der Waals surface area contributed by atoms with E-state index in [9.17, 15) is 9.59 Å². The zero-order valence-electron chi connectivity index (χ0n) is 11.6. The Balaban J connectivity index is 1.57. The molecule has 2 heterocycles. The molecule has 6 nitrogen and oxygen atoms in total. The van der Waals surface area contributed by atoms with Gasteiger partial charge in [0, 0.05) is 25.8 Å². The van der Waals surface area contributed by atoms with Crippen LogP contribution in [0.5, 0.6) is 5.75 Å². The van der Waals surface area contributed by atoms with E-state index in [1.807, 2.05) is 30.3 Å². The van der Waals surface area contributed by atoms with Crippen LogP contribution in [0.3, 0.4) is 0 Å². The molecule has 0 spiro atoms. The van der Waals surface area contributed by atoms with Crippen molar-refractivity contribution in [1.82, 2.24) is 10.3 Å². The minimum Gasteiger partial charge on any atom is -0.489 e. The number of para-hydroxylation sites is 1. The molecular weight excluding hydrogens is 270 g/mol. The first-order valence-electron chi connectivity index (χ1n) is 7.09. The van der Waals surface area contributed by atoms with Gasteiger partial charge in [-0.1, -0.05) is 18.2 Å². The Hall–Kier alpha value is -2.37. The third-order valence-corrected chi connectivity index (χ3v) is 3.63. The lowest BCUT2D eigenvalue weighted by Crippen LogP contribution is -2.39. The van der Waals surface area contributed by atoms with Gasteiger partial charge in [0.15, 0.2) is 0 Å². The molecule has 0 radical (unpaired) electrons. The SMILES string of the molecule is O=C1CCC(C(=O)N2CC[C@@H](Oc3ccccc3)C2)=NN1. The molecule has 1 atom stereocenters. The number of benzene rings is 1. The molecule has 1 saturated heterocycles. The highest BCUT2D eigenvalue weighted by Gasteiger charge is 2.31. The van der Waals surface area contributed by atoms with Crippen molar-refractivity contribution in [2.45, 2.75) is 25.4 Å². The molecule has 1 fully saturated rings. The Morgan fingerprint density at radius 3 is 2.81 bits per heavy atom. The molecule has 0 unspecified atom stereocenters. The normalized spacial score (nSPS) is 21.7.